The molecule has 1 aromatic carbocycles. The molecule has 1 atom stereocenters. The molecule has 1 aromatic rings. The first kappa shape index (κ1) is 15.2. The first-order valence-corrected chi connectivity index (χ1v) is 6.29. The zero-order valence-corrected chi connectivity index (χ0v) is 11.3. The summed E-state index contributed by atoms with van der Waals surface area (Å²) in [5, 5.41) is 8.63. The van der Waals surface area contributed by atoms with Crippen LogP contribution in [-0.4, -0.2) is 30.1 Å². The summed E-state index contributed by atoms with van der Waals surface area (Å²) in [5.74, 6) is -1.47. The van der Waals surface area contributed by atoms with Gasteiger partial charge in [-0.3, -0.25) is 9.59 Å². The Morgan fingerprint density at radius 2 is 1.89 bits per heavy atom. The Morgan fingerprint density at radius 1 is 1.32 bits per heavy atom. The van der Waals surface area contributed by atoms with Crippen molar-refractivity contribution in [1.29, 1.82) is 0 Å². The summed E-state index contributed by atoms with van der Waals surface area (Å²) in [7, 11) is 1.60. The quantitative estimate of drug-likeness (QED) is 0.813. The van der Waals surface area contributed by atoms with Crippen LogP contribution in [0.1, 0.15) is 25.3 Å². The number of nitrogens with two attached hydrogens (primary N) is 1. The molecular formula is C14H20N2O3. The summed E-state index contributed by atoms with van der Waals surface area (Å²) in [6, 6.07) is 6.60. The lowest BCUT2D eigenvalue weighted by Crippen LogP contribution is -2.43. The van der Waals surface area contributed by atoms with Gasteiger partial charge in [0.05, 0.1) is 12.5 Å². The predicted molar refractivity (Wildman–Crippen MR) is 74.1 cm³/mol. The molecule has 104 valence electrons. The summed E-state index contributed by atoms with van der Waals surface area (Å²) >= 11 is 0. The van der Waals surface area contributed by atoms with Gasteiger partial charge in [-0.25, -0.2) is 0 Å². The zero-order valence-electron chi connectivity index (χ0n) is 11.3. The Balaban J connectivity index is 2.73. The van der Waals surface area contributed by atoms with Gasteiger partial charge in [-0.05, 0) is 24.1 Å². The van der Waals surface area contributed by atoms with Gasteiger partial charge in [0.25, 0.3) is 0 Å². The lowest BCUT2D eigenvalue weighted by atomic mass is 10.1. The highest BCUT2D eigenvalue weighted by molar-refractivity contribution is 5.98. The third-order valence-corrected chi connectivity index (χ3v) is 2.90. The Labute approximate surface area is 113 Å². The maximum atomic E-state index is 11.9. The Bertz CT molecular complexity index is 443. The van der Waals surface area contributed by atoms with Crippen LogP contribution in [0.25, 0.3) is 0 Å². The molecule has 5 heteroatoms. The number of nitrogens with zero attached hydrogens (tertiary/aromatic N) is 1. The molecule has 0 spiro atoms. The van der Waals surface area contributed by atoms with Crippen molar-refractivity contribution in [3.63, 3.8) is 0 Å². The third-order valence-electron chi connectivity index (χ3n) is 2.90. The van der Waals surface area contributed by atoms with E-state index in [2.05, 4.69) is 6.92 Å². The van der Waals surface area contributed by atoms with Crippen molar-refractivity contribution < 1.29 is 14.7 Å². The molecule has 0 aliphatic rings. The minimum absolute atomic E-state index is 0.364. The number of hydrogen-bond acceptors (Lipinski definition) is 3. The van der Waals surface area contributed by atoms with Gasteiger partial charge in [0, 0.05) is 12.7 Å². The van der Waals surface area contributed by atoms with Crippen LogP contribution < -0.4 is 10.6 Å². The average molecular weight is 264 g/mol. The van der Waals surface area contributed by atoms with Crippen LogP contribution in [0.5, 0.6) is 0 Å². The van der Waals surface area contributed by atoms with Crippen LogP contribution in [0.2, 0.25) is 0 Å². The second-order valence-electron chi connectivity index (χ2n) is 4.52. The van der Waals surface area contributed by atoms with Gasteiger partial charge >= 0.3 is 5.97 Å². The highest BCUT2D eigenvalue weighted by Gasteiger charge is 2.21. The molecule has 0 aliphatic heterocycles. The van der Waals surface area contributed by atoms with E-state index in [0.717, 1.165) is 12.8 Å². The van der Waals surface area contributed by atoms with Crippen LogP contribution in [0.4, 0.5) is 5.69 Å². The van der Waals surface area contributed by atoms with E-state index in [0.29, 0.717) is 5.69 Å². The molecule has 5 nitrogen and oxygen atoms in total. The van der Waals surface area contributed by atoms with Crippen molar-refractivity contribution >= 4 is 17.6 Å². The lowest BCUT2D eigenvalue weighted by molar-refractivity contribution is -0.139. The van der Waals surface area contributed by atoms with Gasteiger partial charge in [0.2, 0.25) is 5.91 Å². The second-order valence-corrected chi connectivity index (χ2v) is 4.52. The standard InChI is InChI=1S/C14H20N2O3/c1-3-4-10-5-7-11(8-6-10)16(2)14(19)12(15)9-13(17)18/h5-8,12H,3-4,9,15H2,1-2H3,(H,17,18). The fourth-order valence-electron chi connectivity index (χ4n) is 1.83. The number of hydrogen-bond donors (Lipinski definition) is 2. The molecule has 0 aliphatic carbocycles. The van der Waals surface area contributed by atoms with Crippen molar-refractivity contribution in [2.24, 2.45) is 5.73 Å². The third kappa shape index (κ3) is 4.37. The smallest absolute Gasteiger partial charge is 0.305 e. The van der Waals surface area contributed by atoms with Crippen molar-refractivity contribution in [2.75, 3.05) is 11.9 Å². The molecule has 0 saturated carbocycles. The number of carboxylic acids is 1. The molecule has 0 radical (unpaired) electrons. The number of rotatable bonds is 6. The van der Waals surface area contributed by atoms with Crippen LogP contribution in [0.3, 0.4) is 0 Å². The molecule has 19 heavy (non-hydrogen) atoms. The number of likely N-dealkylation sites (N-methyl/N-ethyl adjacent to an activating group) is 1. The van der Waals surface area contributed by atoms with Crippen molar-refractivity contribution in [3.8, 4) is 0 Å². The van der Waals surface area contributed by atoms with E-state index in [1.54, 1.807) is 7.05 Å². The summed E-state index contributed by atoms with van der Waals surface area (Å²) in [6.45, 7) is 2.11. The Hall–Kier alpha value is -1.88. The maximum absolute atomic E-state index is 11.9. The van der Waals surface area contributed by atoms with E-state index in [9.17, 15) is 9.59 Å². The van der Waals surface area contributed by atoms with Crippen LogP contribution in [0, 0.1) is 0 Å². The number of carboxylic acid groups (broad SMARTS) is 1. The molecule has 0 saturated heterocycles. The molecule has 0 bridgehead atoms. The monoisotopic (exact) mass is 264 g/mol. The fourth-order valence-corrected chi connectivity index (χ4v) is 1.83. The second kappa shape index (κ2) is 6.89. The predicted octanol–water partition coefficient (Wildman–Crippen LogP) is 1.40. The molecule has 0 fully saturated rings. The summed E-state index contributed by atoms with van der Waals surface area (Å²) in [6.07, 6.45) is 1.70. The molecule has 0 heterocycles. The van der Waals surface area contributed by atoms with E-state index in [-0.39, 0.29) is 6.42 Å². The molecular weight excluding hydrogens is 244 g/mol. The minimum atomic E-state index is -1.08. The number of aryl methyl sites for hydroxylation is 1. The maximum Gasteiger partial charge on any atom is 0.305 e. The van der Waals surface area contributed by atoms with E-state index in [1.807, 2.05) is 24.3 Å². The van der Waals surface area contributed by atoms with Crippen molar-refractivity contribution in [3.05, 3.63) is 29.8 Å². The largest absolute Gasteiger partial charge is 0.481 e. The van der Waals surface area contributed by atoms with E-state index in [1.165, 1.54) is 10.5 Å². The van der Waals surface area contributed by atoms with Gasteiger partial charge in [-0.1, -0.05) is 25.5 Å². The summed E-state index contributed by atoms with van der Waals surface area (Å²) < 4.78 is 0. The van der Waals surface area contributed by atoms with Crippen LogP contribution in [0.15, 0.2) is 24.3 Å². The number of benzene rings is 1. The van der Waals surface area contributed by atoms with Gasteiger partial charge in [-0.2, -0.15) is 0 Å². The molecule has 0 aromatic heterocycles. The van der Waals surface area contributed by atoms with Gasteiger partial charge in [-0.15, -0.1) is 0 Å². The zero-order chi connectivity index (χ0) is 14.4. The number of aliphatic carboxylic acids is 1. The molecule has 1 amide bonds. The topological polar surface area (TPSA) is 83.6 Å². The average Bonchev–Trinajstić information content (AvgIpc) is 2.37. The first-order chi connectivity index (χ1) is 8.95. The number of anilines is 1. The van der Waals surface area contributed by atoms with E-state index >= 15 is 0 Å². The number of carbonyl (C=O) groups is 2. The first-order valence-electron chi connectivity index (χ1n) is 6.29. The van der Waals surface area contributed by atoms with Gasteiger partial charge in [0.1, 0.15) is 0 Å². The Morgan fingerprint density at radius 3 is 2.37 bits per heavy atom. The SMILES string of the molecule is CCCc1ccc(N(C)C(=O)C(N)CC(=O)O)cc1. The van der Waals surface area contributed by atoms with E-state index in [4.69, 9.17) is 10.8 Å². The normalized spacial score (nSPS) is 11.9. The van der Waals surface area contributed by atoms with Gasteiger partial charge in [0.15, 0.2) is 0 Å². The van der Waals surface area contributed by atoms with Crippen molar-refractivity contribution in [1.82, 2.24) is 0 Å². The summed E-state index contributed by atoms with van der Waals surface area (Å²) in [4.78, 5) is 23.9. The molecule has 1 rings (SSSR count). The molecule has 1 unspecified atom stereocenters. The van der Waals surface area contributed by atoms with Crippen LogP contribution in [-0.2, 0) is 16.0 Å². The van der Waals surface area contributed by atoms with Crippen LogP contribution >= 0.6 is 0 Å². The van der Waals surface area contributed by atoms with Gasteiger partial charge < -0.3 is 15.7 Å². The minimum Gasteiger partial charge on any atom is -0.481 e. The van der Waals surface area contributed by atoms with E-state index < -0.39 is 17.9 Å². The highest BCUT2D eigenvalue weighted by atomic mass is 16.4. The molecule has 3 N–H and O–H groups in total. The summed E-state index contributed by atoms with van der Waals surface area (Å²) in [5.41, 5.74) is 7.49. The lowest BCUT2D eigenvalue weighted by Gasteiger charge is -2.20. The Kier molecular flexibility index (Phi) is 5.51. The number of carbonyl (C=O) groups excluding carboxylic acids is 1. The number of amides is 1. The highest BCUT2D eigenvalue weighted by Crippen LogP contribution is 2.16. The fraction of sp³-hybridized carbons (Fsp3) is 0.429. The van der Waals surface area contributed by atoms with Crippen molar-refractivity contribution in [2.45, 2.75) is 32.2 Å².